The van der Waals surface area contributed by atoms with Crippen molar-refractivity contribution < 1.29 is 14.4 Å². The van der Waals surface area contributed by atoms with E-state index in [1.165, 1.54) is 0 Å². The molecule has 0 fully saturated rings. The monoisotopic (exact) mass is 417 g/mol. The summed E-state index contributed by atoms with van der Waals surface area (Å²) in [7, 11) is 0. The third-order valence-corrected chi connectivity index (χ3v) is 5.71. The van der Waals surface area contributed by atoms with E-state index < -0.39 is 11.8 Å². The number of anilines is 1. The molecule has 0 saturated carbocycles. The number of Topliss-reactive ketones (excluding diaryl/α,β-unsaturated/α-hetero) is 2. The second-order valence-electron chi connectivity index (χ2n) is 7.42. The zero-order valence-electron chi connectivity index (χ0n) is 16.2. The maximum absolute atomic E-state index is 13.4. The number of fused-ring (bicyclic) bond motifs is 1. The summed E-state index contributed by atoms with van der Waals surface area (Å²) in [5.74, 6) is -1.54. The summed E-state index contributed by atoms with van der Waals surface area (Å²) in [6, 6.07) is 23.2. The Morgan fingerprint density at radius 2 is 1.70 bits per heavy atom. The summed E-state index contributed by atoms with van der Waals surface area (Å²) in [6.07, 6.45) is 0.131. The van der Waals surface area contributed by atoms with E-state index in [-0.39, 0.29) is 30.3 Å². The van der Waals surface area contributed by atoms with Crippen LogP contribution in [-0.2, 0) is 4.79 Å². The number of amides is 1. The second-order valence-corrected chi connectivity index (χ2v) is 7.86. The highest BCUT2D eigenvalue weighted by Crippen LogP contribution is 2.37. The molecule has 0 radical (unpaired) electrons. The van der Waals surface area contributed by atoms with E-state index in [2.05, 4.69) is 5.32 Å². The number of carbonyl (C=O) groups excluding carboxylic acids is 3. The van der Waals surface area contributed by atoms with E-state index in [0.29, 0.717) is 21.8 Å². The predicted octanol–water partition coefficient (Wildman–Crippen LogP) is 5.54. The molecular weight excluding hydrogens is 398 g/mol. The van der Waals surface area contributed by atoms with Gasteiger partial charge in [-0.1, -0.05) is 66.2 Å². The Labute approximate surface area is 179 Å². The minimum atomic E-state index is -0.640. The Hall–Kier alpha value is -3.24. The Kier molecular flexibility index (Phi) is 5.77. The van der Waals surface area contributed by atoms with Crippen LogP contribution in [0.5, 0.6) is 0 Å². The highest BCUT2D eigenvalue weighted by molar-refractivity contribution is 6.31. The van der Waals surface area contributed by atoms with Gasteiger partial charge in [0.15, 0.2) is 11.6 Å². The van der Waals surface area contributed by atoms with Gasteiger partial charge in [0, 0.05) is 40.8 Å². The number of nitrogens with one attached hydrogen (secondary N) is 1. The van der Waals surface area contributed by atoms with Crippen molar-refractivity contribution in [2.24, 2.45) is 5.92 Å². The molecule has 3 aromatic rings. The molecule has 0 aliphatic carbocycles. The van der Waals surface area contributed by atoms with Gasteiger partial charge in [-0.05, 0) is 29.8 Å². The van der Waals surface area contributed by atoms with Crippen LogP contribution in [0.25, 0.3) is 0 Å². The number of halogens is 1. The average Bonchev–Trinajstić information content (AvgIpc) is 2.88. The topological polar surface area (TPSA) is 63.2 Å². The van der Waals surface area contributed by atoms with Crippen LogP contribution in [0, 0.1) is 5.92 Å². The molecule has 1 amide bonds. The van der Waals surface area contributed by atoms with E-state index in [4.69, 9.17) is 11.6 Å². The number of rotatable bonds is 5. The van der Waals surface area contributed by atoms with Gasteiger partial charge in [-0.2, -0.15) is 0 Å². The standard InChI is InChI=1S/C25H20ClNO3/c26-18-10-6-9-17(13-18)23(28)14-20(16-7-2-1-3-8-16)21-15-24(29)27-22-12-5-4-11-19(22)25(21)30/h1-13,20-21H,14-15H2,(H,27,29). The van der Waals surface area contributed by atoms with Crippen molar-refractivity contribution in [3.8, 4) is 0 Å². The van der Waals surface area contributed by atoms with Crippen LogP contribution in [0.15, 0.2) is 78.9 Å². The second kappa shape index (κ2) is 8.64. The summed E-state index contributed by atoms with van der Waals surface area (Å²) in [4.78, 5) is 39.1. The molecule has 4 nitrogen and oxygen atoms in total. The molecule has 2 unspecified atom stereocenters. The Morgan fingerprint density at radius 3 is 2.47 bits per heavy atom. The smallest absolute Gasteiger partial charge is 0.225 e. The lowest BCUT2D eigenvalue weighted by Crippen LogP contribution is -2.26. The zero-order chi connectivity index (χ0) is 21.1. The number of para-hydroxylation sites is 1. The fraction of sp³-hybridized carbons (Fsp3) is 0.160. The van der Waals surface area contributed by atoms with E-state index in [1.807, 2.05) is 30.3 Å². The molecular formula is C25H20ClNO3. The van der Waals surface area contributed by atoms with Gasteiger partial charge >= 0.3 is 0 Å². The Morgan fingerprint density at radius 1 is 0.967 bits per heavy atom. The molecule has 150 valence electrons. The maximum atomic E-state index is 13.4. The minimum Gasteiger partial charge on any atom is -0.325 e. The fourth-order valence-corrected chi connectivity index (χ4v) is 4.19. The van der Waals surface area contributed by atoms with E-state index in [9.17, 15) is 14.4 Å². The summed E-state index contributed by atoms with van der Waals surface area (Å²) >= 11 is 6.05. The molecule has 0 aromatic heterocycles. The van der Waals surface area contributed by atoms with E-state index in [0.717, 1.165) is 5.56 Å². The highest BCUT2D eigenvalue weighted by atomic mass is 35.5. The number of carbonyl (C=O) groups is 3. The van der Waals surface area contributed by atoms with Crippen LogP contribution in [0.1, 0.15) is 45.0 Å². The van der Waals surface area contributed by atoms with Crippen LogP contribution < -0.4 is 5.32 Å². The molecule has 1 aliphatic heterocycles. The molecule has 0 spiro atoms. The van der Waals surface area contributed by atoms with Crippen LogP contribution in [0.2, 0.25) is 5.02 Å². The van der Waals surface area contributed by atoms with Gasteiger partial charge in [-0.15, -0.1) is 0 Å². The zero-order valence-corrected chi connectivity index (χ0v) is 16.9. The van der Waals surface area contributed by atoms with Crippen LogP contribution in [-0.4, -0.2) is 17.5 Å². The molecule has 1 heterocycles. The Balaban J connectivity index is 1.73. The van der Waals surface area contributed by atoms with E-state index in [1.54, 1.807) is 48.5 Å². The first-order valence-corrected chi connectivity index (χ1v) is 10.2. The SMILES string of the molecule is O=C1CC(C(CC(=O)c2cccc(Cl)c2)c2ccccc2)C(=O)c2ccccc2N1. The summed E-state index contributed by atoms with van der Waals surface area (Å²) in [5, 5.41) is 3.30. The third-order valence-electron chi connectivity index (χ3n) is 5.47. The highest BCUT2D eigenvalue weighted by Gasteiger charge is 2.36. The van der Waals surface area contributed by atoms with Crippen molar-refractivity contribution in [1.29, 1.82) is 0 Å². The summed E-state index contributed by atoms with van der Waals surface area (Å²) in [6.45, 7) is 0. The lowest BCUT2D eigenvalue weighted by atomic mass is 9.76. The number of benzene rings is 3. The van der Waals surface area contributed by atoms with Crippen LogP contribution in [0.3, 0.4) is 0 Å². The third kappa shape index (κ3) is 4.19. The van der Waals surface area contributed by atoms with Gasteiger partial charge < -0.3 is 5.32 Å². The molecule has 30 heavy (non-hydrogen) atoms. The lowest BCUT2D eigenvalue weighted by molar-refractivity contribution is -0.116. The van der Waals surface area contributed by atoms with Gasteiger partial charge in [0.25, 0.3) is 0 Å². The molecule has 0 bridgehead atoms. The predicted molar refractivity (Wildman–Crippen MR) is 117 cm³/mol. The summed E-state index contributed by atoms with van der Waals surface area (Å²) in [5.41, 5.74) is 2.35. The van der Waals surface area contributed by atoms with Gasteiger partial charge in [0.05, 0.1) is 5.69 Å². The first-order chi connectivity index (χ1) is 14.5. The normalized spacial score (nSPS) is 16.9. The van der Waals surface area contributed by atoms with Gasteiger partial charge in [0.1, 0.15) is 0 Å². The molecule has 5 heteroatoms. The van der Waals surface area contributed by atoms with Gasteiger partial charge in [-0.25, -0.2) is 0 Å². The van der Waals surface area contributed by atoms with Crippen molar-refractivity contribution >= 4 is 34.8 Å². The molecule has 2 atom stereocenters. The van der Waals surface area contributed by atoms with Gasteiger partial charge in [0.2, 0.25) is 5.91 Å². The molecule has 3 aromatic carbocycles. The first-order valence-electron chi connectivity index (χ1n) is 9.80. The largest absolute Gasteiger partial charge is 0.325 e. The number of ketones is 2. The van der Waals surface area contributed by atoms with Crippen LogP contribution in [0.4, 0.5) is 5.69 Å². The fourth-order valence-electron chi connectivity index (χ4n) is 4.00. The quantitative estimate of drug-likeness (QED) is 0.554. The number of hydrogen-bond acceptors (Lipinski definition) is 3. The average molecular weight is 418 g/mol. The first kappa shape index (κ1) is 20.0. The molecule has 4 rings (SSSR count). The van der Waals surface area contributed by atoms with Crippen molar-refractivity contribution in [2.75, 3.05) is 5.32 Å². The maximum Gasteiger partial charge on any atom is 0.225 e. The Bertz CT molecular complexity index is 1110. The van der Waals surface area contributed by atoms with Crippen LogP contribution >= 0.6 is 11.6 Å². The van der Waals surface area contributed by atoms with Crippen molar-refractivity contribution in [1.82, 2.24) is 0 Å². The minimum absolute atomic E-state index is 0.0237. The molecule has 1 N–H and O–H groups in total. The summed E-state index contributed by atoms with van der Waals surface area (Å²) < 4.78 is 0. The van der Waals surface area contributed by atoms with Crippen molar-refractivity contribution in [3.63, 3.8) is 0 Å². The molecule has 1 aliphatic rings. The molecule has 0 saturated heterocycles. The number of hydrogen-bond donors (Lipinski definition) is 1. The van der Waals surface area contributed by atoms with E-state index >= 15 is 0 Å². The lowest BCUT2D eigenvalue weighted by Gasteiger charge is -2.25. The van der Waals surface area contributed by atoms with Gasteiger partial charge in [-0.3, -0.25) is 14.4 Å². The van der Waals surface area contributed by atoms with Crippen molar-refractivity contribution in [2.45, 2.75) is 18.8 Å². The van der Waals surface area contributed by atoms with Crippen molar-refractivity contribution in [3.05, 3.63) is 101 Å².